The predicted molar refractivity (Wildman–Crippen MR) is 71.9 cm³/mol. The molecule has 2 rings (SSSR count). The number of pyridine rings is 1. The van der Waals surface area contributed by atoms with Crippen LogP contribution >= 0.6 is 11.3 Å². The zero-order chi connectivity index (χ0) is 12.5. The zero-order valence-electron chi connectivity index (χ0n) is 10.4. The first-order chi connectivity index (χ1) is 8.02. The molecule has 90 valence electrons. The quantitative estimate of drug-likeness (QED) is 0.907. The largest absolute Gasteiger partial charge is 0.321 e. The van der Waals surface area contributed by atoms with Crippen LogP contribution in [0.2, 0.25) is 0 Å². The summed E-state index contributed by atoms with van der Waals surface area (Å²) in [6, 6.07) is 3.96. The summed E-state index contributed by atoms with van der Waals surface area (Å²) < 4.78 is 0. The second-order valence-electron chi connectivity index (χ2n) is 4.61. The first kappa shape index (κ1) is 12.2. The average Bonchev–Trinajstić information content (AvgIpc) is 2.74. The summed E-state index contributed by atoms with van der Waals surface area (Å²) in [4.78, 5) is 9.87. The van der Waals surface area contributed by atoms with Crippen LogP contribution in [0.3, 0.4) is 0 Å². The molecular formula is C13H17N3S. The van der Waals surface area contributed by atoms with Crippen LogP contribution in [0.4, 0.5) is 0 Å². The van der Waals surface area contributed by atoms with Crippen molar-refractivity contribution in [2.24, 2.45) is 5.73 Å². The third kappa shape index (κ3) is 2.53. The van der Waals surface area contributed by atoms with E-state index in [4.69, 9.17) is 5.73 Å². The fourth-order valence-electron chi connectivity index (χ4n) is 1.71. The summed E-state index contributed by atoms with van der Waals surface area (Å²) in [5, 5.41) is 1.03. The van der Waals surface area contributed by atoms with Gasteiger partial charge in [0, 0.05) is 28.4 Å². The Hall–Kier alpha value is -1.26. The molecule has 17 heavy (non-hydrogen) atoms. The second-order valence-corrected chi connectivity index (χ2v) is 5.61. The molecule has 0 saturated heterocycles. The molecule has 0 fully saturated rings. The number of hydrogen-bond acceptors (Lipinski definition) is 4. The molecule has 0 radical (unpaired) electrons. The first-order valence-corrected chi connectivity index (χ1v) is 6.53. The maximum atomic E-state index is 6.18. The summed E-state index contributed by atoms with van der Waals surface area (Å²) in [6.07, 6.45) is 4.49. The minimum atomic E-state index is -0.325. The lowest BCUT2D eigenvalue weighted by Crippen LogP contribution is -2.28. The van der Waals surface area contributed by atoms with E-state index < -0.39 is 0 Å². The Morgan fingerprint density at radius 1 is 1.29 bits per heavy atom. The lowest BCUT2D eigenvalue weighted by molar-refractivity contribution is 0.559. The number of nitrogens with two attached hydrogens (primary N) is 1. The third-order valence-electron chi connectivity index (χ3n) is 2.54. The maximum Gasteiger partial charge on any atom is 0.124 e. The Morgan fingerprint density at radius 2 is 1.94 bits per heavy atom. The summed E-state index contributed by atoms with van der Waals surface area (Å²) in [7, 11) is 0. The van der Waals surface area contributed by atoms with Crippen LogP contribution in [0.25, 0.3) is 10.6 Å². The molecule has 0 aliphatic heterocycles. The highest BCUT2D eigenvalue weighted by molar-refractivity contribution is 7.15. The van der Waals surface area contributed by atoms with Gasteiger partial charge < -0.3 is 5.73 Å². The fourth-order valence-corrected chi connectivity index (χ4v) is 2.89. The lowest BCUT2D eigenvalue weighted by atomic mass is 10.0. The van der Waals surface area contributed by atoms with Crippen molar-refractivity contribution in [2.75, 3.05) is 0 Å². The van der Waals surface area contributed by atoms with Crippen LogP contribution in [0.1, 0.15) is 31.3 Å². The van der Waals surface area contributed by atoms with Gasteiger partial charge in [-0.05, 0) is 32.4 Å². The number of nitrogens with zero attached hydrogens (tertiary/aromatic N) is 2. The van der Waals surface area contributed by atoms with Crippen molar-refractivity contribution >= 4 is 11.3 Å². The van der Waals surface area contributed by atoms with Crippen molar-refractivity contribution in [3.63, 3.8) is 0 Å². The summed E-state index contributed by atoms with van der Waals surface area (Å²) in [5.74, 6) is 0. The Labute approximate surface area is 106 Å². The Bertz CT molecular complexity index is 497. The van der Waals surface area contributed by atoms with Crippen LogP contribution in [0.5, 0.6) is 0 Å². The Kier molecular flexibility index (Phi) is 3.26. The van der Waals surface area contributed by atoms with Crippen molar-refractivity contribution in [1.29, 1.82) is 0 Å². The van der Waals surface area contributed by atoms with Gasteiger partial charge in [0.05, 0.1) is 5.69 Å². The van der Waals surface area contributed by atoms with Crippen molar-refractivity contribution < 1.29 is 0 Å². The number of aromatic nitrogens is 2. The molecule has 0 aliphatic rings. The van der Waals surface area contributed by atoms with Crippen LogP contribution in [-0.2, 0) is 12.0 Å². The fraction of sp³-hybridized carbons (Fsp3) is 0.385. The molecule has 0 spiro atoms. The van der Waals surface area contributed by atoms with Gasteiger partial charge in [0.15, 0.2) is 0 Å². The number of thiazole rings is 1. The molecule has 0 aromatic carbocycles. The molecule has 2 N–H and O–H groups in total. The molecule has 2 aromatic heterocycles. The van der Waals surface area contributed by atoms with Gasteiger partial charge in [0.25, 0.3) is 0 Å². The molecule has 0 amide bonds. The SMILES string of the molecule is CCc1nc(-c2ccncc2)sc1C(C)(C)N. The van der Waals surface area contributed by atoms with Gasteiger partial charge in [-0.1, -0.05) is 6.92 Å². The predicted octanol–water partition coefficient (Wildman–Crippen LogP) is 2.96. The maximum absolute atomic E-state index is 6.18. The highest BCUT2D eigenvalue weighted by Gasteiger charge is 2.22. The van der Waals surface area contributed by atoms with E-state index in [-0.39, 0.29) is 5.54 Å². The van der Waals surface area contributed by atoms with Gasteiger partial charge in [0.2, 0.25) is 0 Å². The van der Waals surface area contributed by atoms with Crippen molar-refractivity contribution in [3.05, 3.63) is 35.1 Å². The van der Waals surface area contributed by atoms with E-state index in [9.17, 15) is 0 Å². The number of aryl methyl sites for hydroxylation is 1. The molecule has 0 atom stereocenters. The van der Waals surface area contributed by atoms with E-state index >= 15 is 0 Å². The van der Waals surface area contributed by atoms with Crippen molar-refractivity contribution in [3.8, 4) is 10.6 Å². The van der Waals surface area contributed by atoms with Crippen LogP contribution in [0.15, 0.2) is 24.5 Å². The molecule has 0 unspecified atom stereocenters. The summed E-state index contributed by atoms with van der Waals surface area (Å²) in [6.45, 7) is 6.16. The number of hydrogen-bond donors (Lipinski definition) is 1. The van der Waals surface area contributed by atoms with E-state index in [0.717, 1.165) is 22.7 Å². The Morgan fingerprint density at radius 3 is 2.41 bits per heavy atom. The standard InChI is InChI=1S/C13H17N3S/c1-4-10-11(13(2,3)14)17-12(16-10)9-5-7-15-8-6-9/h5-8H,4,14H2,1-3H3. The van der Waals surface area contributed by atoms with Crippen LogP contribution in [0, 0.1) is 0 Å². The highest BCUT2D eigenvalue weighted by Crippen LogP contribution is 2.33. The molecule has 0 aliphatic carbocycles. The number of rotatable bonds is 3. The van der Waals surface area contributed by atoms with Gasteiger partial charge in [-0.2, -0.15) is 0 Å². The van der Waals surface area contributed by atoms with E-state index in [2.05, 4.69) is 16.9 Å². The molecule has 3 nitrogen and oxygen atoms in total. The zero-order valence-corrected chi connectivity index (χ0v) is 11.2. The second kappa shape index (κ2) is 4.55. The molecular weight excluding hydrogens is 230 g/mol. The average molecular weight is 247 g/mol. The monoisotopic (exact) mass is 247 g/mol. The molecule has 4 heteroatoms. The molecule has 2 heterocycles. The molecule has 0 saturated carbocycles. The Balaban J connectivity index is 2.49. The minimum Gasteiger partial charge on any atom is -0.321 e. The normalized spacial score (nSPS) is 11.8. The van der Waals surface area contributed by atoms with Gasteiger partial charge in [0.1, 0.15) is 5.01 Å². The molecule has 2 aromatic rings. The minimum absolute atomic E-state index is 0.325. The topological polar surface area (TPSA) is 51.8 Å². The van der Waals surface area contributed by atoms with Crippen LogP contribution < -0.4 is 5.73 Å². The summed E-state index contributed by atoms with van der Waals surface area (Å²) >= 11 is 1.68. The van der Waals surface area contributed by atoms with Gasteiger partial charge in [-0.25, -0.2) is 4.98 Å². The van der Waals surface area contributed by atoms with Gasteiger partial charge in [-0.15, -0.1) is 11.3 Å². The van der Waals surface area contributed by atoms with E-state index in [1.807, 2.05) is 26.0 Å². The lowest BCUT2D eigenvalue weighted by Gasteiger charge is -2.17. The van der Waals surface area contributed by atoms with E-state index in [1.165, 1.54) is 4.88 Å². The first-order valence-electron chi connectivity index (χ1n) is 5.72. The van der Waals surface area contributed by atoms with E-state index in [0.29, 0.717) is 0 Å². The highest BCUT2D eigenvalue weighted by atomic mass is 32.1. The molecule has 0 bridgehead atoms. The van der Waals surface area contributed by atoms with Crippen LogP contribution in [-0.4, -0.2) is 9.97 Å². The van der Waals surface area contributed by atoms with Crippen molar-refractivity contribution in [1.82, 2.24) is 9.97 Å². The summed E-state index contributed by atoms with van der Waals surface area (Å²) in [5.41, 5.74) is 8.07. The van der Waals surface area contributed by atoms with Crippen molar-refractivity contribution in [2.45, 2.75) is 32.7 Å². The smallest absolute Gasteiger partial charge is 0.124 e. The van der Waals surface area contributed by atoms with Gasteiger partial charge in [-0.3, -0.25) is 4.98 Å². The third-order valence-corrected chi connectivity index (χ3v) is 4.03. The van der Waals surface area contributed by atoms with E-state index in [1.54, 1.807) is 23.7 Å². The van der Waals surface area contributed by atoms with Gasteiger partial charge >= 0.3 is 0 Å².